The second kappa shape index (κ2) is 66.5. The summed E-state index contributed by atoms with van der Waals surface area (Å²) >= 11 is 0. The molecule has 0 bridgehead atoms. The molecule has 1 unspecified atom stereocenters. The Morgan fingerprint density at radius 3 is 0.769 bits per heavy atom. The van der Waals surface area contributed by atoms with Crippen LogP contribution in [0, 0.1) is 0 Å². The van der Waals surface area contributed by atoms with Gasteiger partial charge in [0, 0.05) is 12.8 Å². The van der Waals surface area contributed by atoms with Gasteiger partial charge in [-0.3, -0.25) is 9.59 Å². The number of carbonyl (C=O) groups is 2. The van der Waals surface area contributed by atoms with E-state index in [2.05, 4.69) is 184 Å². The lowest BCUT2D eigenvalue weighted by molar-refractivity contribution is -0.161. The van der Waals surface area contributed by atoms with Crippen molar-refractivity contribution in [2.24, 2.45) is 0 Å². The molecule has 0 aromatic rings. The van der Waals surface area contributed by atoms with Gasteiger partial charge in [0.1, 0.15) is 6.61 Å². The summed E-state index contributed by atoms with van der Waals surface area (Å²) < 4.78 is 10.7. The minimum atomic E-state index is -0.790. The maximum absolute atomic E-state index is 12.3. The Bertz CT molecular complexity index is 1740. The molecule has 0 amide bonds. The number of hydrogen-bond donors (Lipinski definition) is 1. The fourth-order valence-corrected chi connectivity index (χ4v) is 8.34. The zero-order valence-electron chi connectivity index (χ0n) is 50.1. The van der Waals surface area contributed by atoms with Crippen molar-refractivity contribution in [1.82, 2.24) is 0 Å². The Balaban J connectivity index is 3.57. The SMILES string of the molecule is CC/C=C\C/C=C\C/C=C\C/C=C\C/C=C\C/C=C\C/C=C\C/C=C\CCCCCCCCCCCCCCC(=O)OC(CO)COC(=O)CCCCCCCCCC/C=C\C/C=C\C/C=C\C/C=C\C/C=C\C/C=C\CC. The van der Waals surface area contributed by atoms with Gasteiger partial charge in [-0.05, 0) is 128 Å². The zero-order valence-corrected chi connectivity index (χ0v) is 50.1. The second-order valence-corrected chi connectivity index (χ2v) is 20.4. The summed E-state index contributed by atoms with van der Waals surface area (Å²) in [6.45, 7) is 3.90. The highest BCUT2D eigenvalue weighted by molar-refractivity contribution is 5.70. The van der Waals surface area contributed by atoms with Gasteiger partial charge in [-0.15, -0.1) is 0 Å². The predicted molar refractivity (Wildman–Crippen MR) is 343 cm³/mol. The molecule has 1 N–H and O–H groups in total. The lowest BCUT2D eigenvalue weighted by Crippen LogP contribution is -2.28. The third kappa shape index (κ3) is 63.8. The van der Waals surface area contributed by atoms with Gasteiger partial charge in [0.05, 0.1) is 6.61 Å². The highest BCUT2D eigenvalue weighted by Crippen LogP contribution is 2.15. The van der Waals surface area contributed by atoms with Crippen LogP contribution in [0.25, 0.3) is 0 Å². The molecular formula is C73H116O5. The van der Waals surface area contributed by atoms with Gasteiger partial charge in [0.15, 0.2) is 6.10 Å². The van der Waals surface area contributed by atoms with E-state index in [1.807, 2.05) is 0 Å². The van der Waals surface area contributed by atoms with E-state index in [0.29, 0.717) is 12.8 Å². The van der Waals surface area contributed by atoms with E-state index in [1.54, 1.807) is 0 Å². The smallest absolute Gasteiger partial charge is 0.306 e. The van der Waals surface area contributed by atoms with Crippen molar-refractivity contribution in [3.8, 4) is 0 Å². The Morgan fingerprint density at radius 1 is 0.295 bits per heavy atom. The number of unbranched alkanes of at least 4 members (excludes halogenated alkanes) is 20. The first-order valence-corrected chi connectivity index (χ1v) is 31.7. The van der Waals surface area contributed by atoms with Crippen LogP contribution < -0.4 is 0 Å². The highest BCUT2D eigenvalue weighted by Gasteiger charge is 2.16. The zero-order chi connectivity index (χ0) is 56.2. The summed E-state index contributed by atoms with van der Waals surface area (Å²) in [4.78, 5) is 24.6. The van der Waals surface area contributed by atoms with Gasteiger partial charge in [-0.1, -0.05) is 287 Å². The van der Waals surface area contributed by atoms with Crippen LogP contribution in [0.15, 0.2) is 170 Å². The summed E-state index contributed by atoms with van der Waals surface area (Å²) in [5, 5.41) is 9.68. The van der Waals surface area contributed by atoms with Crippen LogP contribution in [-0.2, 0) is 19.1 Å². The molecule has 78 heavy (non-hydrogen) atoms. The summed E-state index contributed by atoms with van der Waals surface area (Å²) in [6.07, 6.45) is 103. The Kier molecular flexibility index (Phi) is 62.5. The number of esters is 2. The maximum Gasteiger partial charge on any atom is 0.306 e. The van der Waals surface area contributed by atoms with Gasteiger partial charge in [-0.25, -0.2) is 0 Å². The van der Waals surface area contributed by atoms with Gasteiger partial charge >= 0.3 is 11.9 Å². The lowest BCUT2D eigenvalue weighted by atomic mass is 10.0. The molecule has 0 aliphatic heterocycles. The molecule has 1 atom stereocenters. The van der Waals surface area contributed by atoms with E-state index in [-0.39, 0.29) is 25.2 Å². The summed E-state index contributed by atoms with van der Waals surface area (Å²) in [7, 11) is 0. The first-order valence-electron chi connectivity index (χ1n) is 31.7. The minimum Gasteiger partial charge on any atom is -0.462 e. The van der Waals surface area contributed by atoms with Crippen molar-refractivity contribution >= 4 is 11.9 Å². The van der Waals surface area contributed by atoms with E-state index < -0.39 is 6.10 Å². The monoisotopic (exact) mass is 1070 g/mol. The molecule has 0 radical (unpaired) electrons. The molecule has 0 saturated carbocycles. The predicted octanol–water partition coefficient (Wildman–Crippen LogP) is 22.1. The van der Waals surface area contributed by atoms with Gasteiger partial charge < -0.3 is 14.6 Å². The molecule has 0 spiro atoms. The van der Waals surface area contributed by atoms with E-state index >= 15 is 0 Å². The molecule has 0 aliphatic carbocycles. The quantitative estimate of drug-likeness (QED) is 0.0373. The standard InChI is InChI=1S/C73H116O5/c1-3-5-7-9-11-13-15-17-19-21-23-25-27-29-31-32-33-34-35-36-37-38-39-40-42-44-46-48-50-52-54-56-58-60-62-64-66-68-73(76)78-71(69-74)70-77-72(75)67-65-63-61-59-57-55-53-51-49-47-45-43-41-30-28-26-24-22-20-18-16-14-12-10-8-6-4-2/h5-8,11-14,17-20,23-26,29-31,33-34,36-37,39-41,45,47,71,74H,3-4,9-10,15-16,21-22,27-28,32,35,38,42-44,46,48-70H2,1-2H3/b7-5-,8-6-,13-11-,14-12-,19-17-,20-18-,25-23-,26-24-,31-29-,34-33-,37-36-,40-39-,41-30-,47-45-. The molecule has 5 heteroatoms. The van der Waals surface area contributed by atoms with Gasteiger partial charge in [-0.2, -0.15) is 0 Å². The van der Waals surface area contributed by atoms with E-state index in [0.717, 1.165) is 135 Å². The summed E-state index contributed by atoms with van der Waals surface area (Å²) in [5.74, 6) is -0.610. The Morgan fingerprint density at radius 2 is 0.513 bits per heavy atom. The van der Waals surface area contributed by atoms with Gasteiger partial charge in [0.25, 0.3) is 0 Å². The highest BCUT2D eigenvalue weighted by atomic mass is 16.6. The Hall–Kier alpha value is -4.74. The van der Waals surface area contributed by atoms with Crippen LogP contribution in [0.5, 0.6) is 0 Å². The van der Waals surface area contributed by atoms with Crippen molar-refractivity contribution in [1.29, 1.82) is 0 Å². The average Bonchev–Trinajstić information content (AvgIpc) is 3.44. The average molecular weight is 1070 g/mol. The third-order valence-corrected chi connectivity index (χ3v) is 13.0. The maximum atomic E-state index is 12.3. The number of aliphatic hydroxyl groups excluding tert-OH is 1. The molecular weight excluding hydrogens is 957 g/mol. The number of aliphatic hydroxyl groups is 1. The number of allylic oxidation sites excluding steroid dienone is 28. The molecule has 0 rings (SSSR count). The number of hydrogen-bond acceptors (Lipinski definition) is 5. The van der Waals surface area contributed by atoms with Crippen molar-refractivity contribution in [2.75, 3.05) is 13.2 Å². The van der Waals surface area contributed by atoms with E-state index in [4.69, 9.17) is 9.47 Å². The van der Waals surface area contributed by atoms with Crippen molar-refractivity contribution in [2.45, 2.75) is 264 Å². The summed E-state index contributed by atoms with van der Waals surface area (Å²) in [5.41, 5.74) is 0. The molecule has 0 aliphatic rings. The number of ether oxygens (including phenoxy) is 2. The van der Waals surface area contributed by atoms with Gasteiger partial charge in [0.2, 0.25) is 0 Å². The number of carbonyl (C=O) groups excluding carboxylic acids is 2. The van der Waals surface area contributed by atoms with Crippen LogP contribution in [0.3, 0.4) is 0 Å². The van der Waals surface area contributed by atoms with E-state index in [1.165, 1.54) is 96.3 Å². The fourth-order valence-electron chi connectivity index (χ4n) is 8.34. The lowest BCUT2D eigenvalue weighted by Gasteiger charge is -2.15. The molecule has 5 nitrogen and oxygen atoms in total. The topological polar surface area (TPSA) is 72.8 Å². The van der Waals surface area contributed by atoms with Crippen LogP contribution in [0.1, 0.15) is 258 Å². The van der Waals surface area contributed by atoms with Crippen molar-refractivity contribution in [3.63, 3.8) is 0 Å². The molecule has 0 saturated heterocycles. The largest absolute Gasteiger partial charge is 0.462 e. The third-order valence-electron chi connectivity index (χ3n) is 13.0. The fraction of sp³-hybridized carbons (Fsp3) is 0.589. The summed E-state index contributed by atoms with van der Waals surface area (Å²) in [6, 6.07) is 0. The second-order valence-electron chi connectivity index (χ2n) is 20.4. The van der Waals surface area contributed by atoms with Crippen molar-refractivity contribution in [3.05, 3.63) is 170 Å². The molecule has 0 aromatic carbocycles. The molecule has 0 aromatic heterocycles. The van der Waals surface area contributed by atoms with E-state index in [9.17, 15) is 14.7 Å². The Labute approximate surface area is 481 Å². The number of rotatable bonds is 56. The first-order chi connectivity index (χ1) is 38.6. The van der Waals surface area contributed by atoms with Crippen LogP contribution >= 0.6 is 0 Å². The molecule has 438 valence electrons. The van der Waals surface area contributed by atoms with Crippen molar-refractivity contribution < 1.29 is 24.2 Å². The minimum absolute atomic E-state index is 0.0806. The molecule has 0 heterocycles. The van der Waals surface area contributed by atoms with Crippen LogP contribution in [0.2, 0.25) is 0 Å². The van der Waals surface area contributed by atoms with Crippen LogP contribution in [0.4, 0.5) is 0 Å². The van der Waals surface area contributed by atoms with Crippen LogP contribution in [-0.4, -0.2) is 36.4 Å². The normalized spacial score (nSPS) is 13.4. The molecule has 0 fully saturated rings. The first kappa shape index (κ1) is 73.3.